The Hall–Kier alpha value is -1.76. The van der Waals surface area contributed by atoms with E-state index in [1.807, 2.05) is 25.1 Å². The molecule has 2 heterocycles. The lowest BCUT2D eigenvalue weighted by atomic mass is 9.94. The van der Waals surface area contributed by atoms with Crippen molar-refractivity contribution in [2.45, 2.75) is 32.2 Å². The summed E-state index contributed by atoms with van der Waals surface area (Å²) in [5.74, 6) is 2.65. The summed E-state index contributed by atoms with van der Waals surface area (Å²) >= 11 is 0. The largest absolute Gasteiger partial charge is 0.493 e. The predicted octanol–water partition coefficient (Wildman–Crippen LogP) is 1.54. The SMILES string of the molecule is CCNC(=NCC1CCS(=O)(=O)C1)NC(C)C1COc2ccccc21. The molecule has 2 N–H and O–H groups in total. The maximum absolute atomic E-state index is 11.6. The highest BCUT2D eigenvalue weighted by molar-refractivity contribution is 7.91. The van der Waals surface area contributed by atoms with Crippen molar-refractivity contribution in [3.63, 3.8) is 0 Å². The molecule has 2 aliphatic heterocycles. The Morgan fingerprint density at radius 3 is 2.92 bits per heavy atom. The minimum Gasteiger partial charge on any atom is -0.493 e. The summed E-state index contributed by atoms with van der Waals surface area (Å²) < 4.78 is 28.9. The van der Waals surface area contributed by atoms with Gasteiger partial charge < -0.3 is 15.4 Å². The molecule has 3 rings (SSSR count). The van der Waals surface area contributed by atoms with Crippen molar-refractivity contribution in [2.24, 2.45) is 10.9 Å². The number of sulfone groups is 1. The van der Waals surface area contributed by atoms with E-state index in [0.717, 1.165) is 18.3 Å². The molecule has 1 aromatic carbocycles. The molecule has 25 heavy (non-hydrogen) atoms. The van der Waals surface area contributed by atoms with Gasteiger partial charge >= 0.3 is 0 Å². The molecule has 7 heteroatoms. The van der Waals surface area contributed by atoms with Crippen LogP contribution in [0.3, 0.4) is 0 Å². The zero-order chi connectivity index (χ0) is 17.9. The number of nitrogens with zero attached hydrogens (tertiary/aromatic N) is 1. The number of hydrogen-bond acceptors (Lipinski definition) is 4. The first-order valence-electron chi connectivity index (χ1n) is 8.95. The number of guanidine groups is 1. The minimum absolute atomic E-state index is 0.131. The van der Waals surface area contributed by atoms with E-state index in [9.17, 15) is 8.42 Å². The third-order valence-corrected chi connectivity index (χ3v) is 6.72. The summed E-state index contributed by atoms with van der Waals surface area (Å²) in [4.78, 5) is 4.62. The smallest absolute Gasteiger partial charge is 0.191 e. The second-order valence-corrected chi connectivity index (χ2v) is 9.11. The van der Waals surface area contributed by atoms with E-state index in [1.54, 1.807) is 0 Å². The van der Waals surface area contributed by atoms with Crippen LogP contribution in [0.25, 0.3) is 0 Å². The number of para-hydroxylation sites is 1. The highest BCUT2D eigenvalue weighted by Gasteiger charge is 2.30. The molecular formula is C18H27N3O3S. The van der Waals surface area contributed by atoms with Gasteiger partial charge in [-0.3, -0.25) is 4.99 Å². The Kier molecular flexibility index (Phi) is 5.51. The van der Waals surface area contributed by atoms with Crippen molar-refractivity contribution in [3.8, 4) is 5.75 Å². The summed E-state index contributed by atoms with van der Waals surface area (Å²) in [5, 5.41) is 6.71. The third kappa shape index (κ3) is 4.45. The lowest BCUT2D eigenvalue weighted by Crippen LogP contribution is -2.45. The van der Waals surface area contributed by atoms with E-state index >= 15 is 0 Å². The molecule has 0 radical (unpaired) electrons. The van der Waals surface area contributed by atoms with Crippen LogP contribution in [0.5, 0.6) is 5.75 Å². The minimum atomic E-state index is -2.85. The Balaban J connectivity index is 1.62. The van der Waals surface area contributed by atoms with Gasteiger partial charge in [-0.05, 0) is 32.3 Å². The van der Waals surface area contributed by atoms with E-state index in [-0.39, 0.29) is 23.6 Å². The Bertz CT molecular complexity index is 733. The fraction of sp³-hybridized carbons (Fsp3) is 0.611. The lowest BCUT2D eigenvalue weighted by molar-refractivity contribution is 0.312. The molecule has 6 nitrogen and oxygen atoms in total. The maximum atomic E-state index is 11.6. The zero-order valence-electron chi connectivity index (χ0n) is 14.9. The Labute approximate surface area is 150 Å². The van der Waals surface area contributed by atoms with Gasteiger partial charge in [0.05, 0.1) is 18.1 Å². The summed E-state index contributed by atoms with van der Waals surface area (Å²) in [6.07, 6.45) is 0.713. The van der Waals surface area contributed by atoms with Crippen molar-refractivity contribution >= 4 is 15.8 Å². The molecule has 0 amide bonds. The van der Waals surface area contributed by atoms with Crippen LogP contribution >= 0.6 is 0 Å². The predicted molar refractivity (Wildman–Crippen MR) is 100 cm³/mol. The first kappa shape index (κ1) is 18.0. The molecule has 3 unspecified atom stereocenters. The topological polar surface area (TPSA) is 79.8 Å². The van der Waals surface area contributed by atoms with E-state index < -0.39 is 9.84 Å². The molecule has 138 valence electrons. The highest BCUT2D eigenvalue weighted by atomic mass is 32.2. The van der Waals surface area contributed by atoms with Gasteiger partial charge in [-0.1, -0.05) is 18.2 Å². The molecule has 0 saturated carbocycles. The number of aliphatic imine (C=N–C) groups is 1. The van der Waals surface area contributed by atoms with Crippen molar-refractivity contribution in [1.82, 2.24) is 10.6 Å². The summed E-state index contributed by atoms with van der Waals surface area (Å²) in [6, 6.07) is 8.29. The van der Waals surface area contributed by atoms with Crippen LogP contribution < -0.4 is 15.4 Å². The van der Waals surface area contributed by atoms with Crippen LogP contribution in [0.1, 0.15) is 31.7 Å². The third-order valence-electron chi connectivity index (χ3n) is 4.88. The molecule has 1 aromatic rings. The normalized spacial score (nSPS) is 25.9. The second-order valence-electron chi connectivity index (χ2n) is 6.88. The van der Waals surface area contributed by atoms with Crippen molar-refractivity contribution in [1.29, 1.82) is 0 Å². The van der Waals surface area contributed by atoms with Gasteiger partial charge in [0.1, 0.15) is 5.75 Å². The summed E-state index contributed by atoms with van der Waals surface area (Å²) in [7, 11) is -2.85. The lowest BCUT2D eigenvalue weighted by Gasteiger charge is -2.23. The van der Waals surface area contributed by atoms with E-state index in [2.05, 4.69) is 28.6 Å². The fourth-order valence-corrected chi connectivity index (χ4v) is 5.32. The molecule has 0 aromatic heterocycles. The average molecular weight is 365 g/mol. The van der Waals surface area contributed by atoms with E-state index in [4.69, 9.17) is 4.74 Å². The fourth-order valence-electron chi connectivity index (χ4n) is 3.47. The number of nitrogens with one attached hydrogen (secondary N) is 2. The molecular weight excluding hydrogens is 338 g/mol. The van der Waals surface area contributed by atoms with Crippen LogP contribution in [0.2, 0.25) is 0 Å². The van der Waals surface area contributed by atoms with Gasteiger partial charge in [-0.25, -0.2) is 8.42 Å². The van der Waals surface area contributed by atoms with Crippen LogP contribution in [-0.2, 0) is 9.84 Å². The van der Waals surface area contributed by atoms with Gasteiger partial charge in [0.25, 0.3) is 0 Å². The highest BCUT2D eigenvalue weighted by Crippen LogP contribution is 2.35. The molecule has 0 spiro atoms. The first-order chi connectivity index (χ1) is 12.0. The van der Waals surface area contributed by atoms with Crippen LogP contribution in [0, 0.1) is 5.92 Å². The summed E-state index contributed by atoms with van der Waals surface area (Å²) in [5.41, 5.74) is 1.22. The van der Waals surface area contributed by atoms with Crippen molar-refractivity contribution in [3.05, 3.63) is 29.8 Å². The number of fused-ring (bicyclic) bond motifs is 1. The van der Waals surface area contributed by atoms with Crippen LogP contribution in [-0.4, -0.2) is 51.6 Å². The number of benzene rings is 1. The first-order valence-corrected chi connectivity index (χ1v) is 10.8. The Morgan fingerprint density at radius 2 is 2.20 bits per heavy atom. The molecule has 1 fully saturated rings. The standard InChI is InChI=1S/C18H27N3O3S/c1-3-19-18(20-10-14-8-9-25(22,23)12-14)21-13(2)16-11-24-17-7-5-4-6-15(16)17/h4-7,13-14,16H,3,8-12H2,1-2H3,(H2,19,20,21). The Morgan fingerprint density at radius 1 is 1.40 bits per heavy atom. The van der Waals surface area contributed by atoms with Gasteiger partial charge in [0.2, 0.25) is 0 Å². The monoisotopic (exact) mass is 365 g/mol. The van der Waals surface area contributed by atoms with Gasteiger partial charge in [-0.15, -0.1) is 0 Å². The molecule has 0 aliphatic carbocycles. The van der Waals surface area contributed by atoms with E-state index in [0.29, 0.717) is 25.3 Å². The summed E-state index contributed by atoms with van der Waals surface area (Å²) in [6.45, 7) is 6.12. The quantitative estimate of drug-likeness (QED) is 0.611. The number of hydrogen-bond donors (Lipinski definition) is 2. The van der Waals surface area contributed by atoms with Gasteiger partial charge in [0.15, 0.2) is 15.8 Å². The van der Waals surface area contributed by atoms with Crippen LogP contribution in [0.4, 0.5) is 0 Å². The van der Waals surface area contributed by atoms with Crippen molar-refractivity contribution < 1.29 is 13.2 Å². The van der Waals surface area contributed by atoms with Crippen molar-refractivity contribution in [2.75, 3.05) is 31.2 Å². The second kappa shape index (κ2) is 7.64. The average Bonchev–Trinajstić information content (AvgIpc) is 3.15. The van der Waals surface area contributed by atoms with Crippen LogP contribution in [0.15, 0.2) is 29.3 Å². The van der Waals surface area contributed by atoms with E-state index in [1.165, 1.54) is 5.56 Å². The number of rotatable bonds is 5. The molecule has 0 bridgehead atoms. The zero-order valence-corrected chi connectivity index (χ0v) is 15.7. The number of ether oxygens (including phenoxy) is 1. The molecule has 2 aliphatic rings. The van der Waals surface area contributed by atoms with Gasteiger partial charge in [0, 0.05) is 30.6 Å². The molecule has 3 atom stereocenters. The van der Waals surface area contributed by atoms with Gasteiger partial charge in [-0.2, -0.15) is 0 Å². The maximum Gasteiger partial charge on any atom is 0.191 e. The molecule has 1 saturated heterocycles.